The van der Waals surface area contributed by atoms with Crippen LogP contribution in [0.1, 0.15) is 19.3 Å². The van der Waals surface area contributed by atoms with Gasteiger partial charge in [0.05, 0.1) is 0 Å². The molecule has 1 aliphatic rings. The van der Waals surface area contributed by atoms with Crippen LogP contribution in [0.4, 0.5) is 0 Å². The molecule has 1 heterocycles. The number of hydrogen-bond acceptors (Lipinski definition) is 2. The number of rotatable bonds is 0. The van der Waals surface area contributed by atoms with Crippen LogP contribution in [0.25, 0.3) is 0 Å². The van der Waals surface area contributed by atoms with Gasteiger partial charge in [-0.2, -0.15) is 0 Å². The lowest BCUT2D eigenvalue weighted by Crippen LogP contribution is -2.21. The van der Waals surface area contributed by atoms with E-state index in [0.717, 1.165) is 0 Å². The van der Waals surface area contributed by atoms with Gasteiger partial charge in [-0.25, -0.2) is 0 Å². The summed E-state index contributed by atoms with van der Waals surface area (Å²) in [6.07, 6.45) is 4.22. The summed E-state index contributed by atoms with van der Waals surface area (Å²) in [6.45, 7) is 2.50. The molecule has 0 saturated carbocycles. The van der Waals surface area contributed by atoms with Crippen LogP contribution in [-0.2, 0) is 4.74 Å². The van der Waals surface area contributed by atoms with Gasteiger partial charge >= 0.3 is 0 Å². The third-order valence-corrected chi connectivity index (χ3v) is 1.21. The van der Waals surface area contributed by atoms with Crippen LogP contribution in [0, 0.1) is 0 Å². The van der Waals surface area contributed by atoms with Crippen LogP contribution in [0.2, 0.25) is 0 Å². The molecule has 1 rings (SSSR count). The topological polar surface area (TPSA) is 21.3 Å². The minimum Gasteiger partial charge on any atom is -0.388 e. The highest BCUT2D eigenvalue weighted by atomic mass is 16.4. The SMILES string of the molecule is C1CCNCC1.COC. The Kier molecular flexibility index (Phi) is 7.85. The molecule has 0 aromatic rings. The van der Waals surface area contributed by atoms with Gasteiger partial charge in [-0.15, -0.1) is 0 Å². The fourth-order valence-corrected chi connectivity index (χ4v) is 0.802. The van der Waals surface area contributed by atoms with Gasteiger partial charge < -0.3 is 10.1 Å². The van der Waals surface area contributed by atoms with E-state index in [4.69, 9.17) is 0 Å². The lowest BCUT2D eigenvalue weighted by Gasteiger charge is -2.08. The second kappa shape index (κ2) is 7.92. The van der Waals surface area contributed by atoms with Crippen molar-refractivity contribution in [2.75, 3.05) is 27.3 Å². The number of piperidine rings is 1. The van der Waals surface area contributed by atoms with E-state index in [9.17, 15) is 0 Å². The Labute approximate surface area is 57.6 Å². The molecule has 0 bridgehead atoms. The van der Waals surface area contributed by atoms with Crippen LogP contribution >= 0.6 is 0 Å². The van der Waals surface area contributed by atoms with Crippen molar-refractivity contribution in [1.82, 2.24) is 5.32 Å². The smallest absolute Gasteiger partial charge is 0.0351 e. The van der Waals surface area contributed by atoms with Gasteiger partial charge in [0.15, 0.2) is 0 Å². The Morgan fingerprint density at radius 1 is 1.00 bits per heavy atom. The van der Waals surface area contributed by atoms with Crippen LogP contribution < -0.4 is 5.32 Å². The Morgan fingerprint density at radius 3 is 1.56 bits per heavy atom. The minimum atomic E-state index is 1.25. The normalized spacial score (nSPS) is 18.0. The lowest BCUT2D eigenvalue weighted by molar-refractivity contribution is 0.277. The highest BCUT2D eigenvalue weighted by molar-refractivity contribution is 4.55. The van der Waals surface area contributed by atoms with Crippen molar-refractivity contribution in [3.63, 3.8) is 0 Å². The molecule has 2 nitrogen and oxygen atoms in total. The molecule has 56 valence electrons. The minimum absolute atomic E-state index is 1.25. The van der Waals surface area contributed by atoms with Gasteiger partial charge in [-0.1, -0.05) is 6.42 Å². The molecule has 9 heavy (non-hydrogen) atoms. The van der Waals surface area contributed by atoms with E-state index in [1.807, 2.05) is 0 Å². The number of ether oxygens (including phenoxy) is 1. The Morgan fingerprint density at radius 2 is 1.44 bits per heavy atom. The van der Waals surface area contributed by atoms with Gasteiger partial charge in [-0.05, 0) is 25.9 Å². The number of hydrogen-bond donors (Lipinski definition) is 1. The van der Waals surface area contributed by atoms with Crippen molar-refractivity contribution in [2.45, 2.75) is 19.3 Å². The summed E-state index contributed by atoms with van der Waals surface area (Å²) in [6, 6.07) is 0. The van der Waals surface area contributed by atoms with E-state index < -0.39 is 0 Å². The fourth-order valence-electron chi connectivity index (χ4n) is 0.802. The second-order valence-electron chi connectivity index (χ2n) is 2.22. The first-order valence-corrected chi connectivity index (χ1v) is 3.52. The molecular weight excluding hydrogens is 114 g/mol. The summed E-state index contributed by atoms with van der Waals surface area (Å²) in [5.74, 6) is 0. The number of nitrogens with one attached hydrogen (secondary N) is 1. The predicted octanol–water partition coefficient (Wildman–Crippen LogP) is 1.02. The van der Waals surface area contributed by atoms with E-state index >= 15 is 0 Å². The van der Waals surface area contributed by atoms with Crippen LogP contribution in [0.5, 0.6) is 0 Å². The maximum absolute atomic E-state index is 4.25. The van der Waals surface area contributed by atoms with E-state index in [0.29, 0.717) is 0 Å². The molecule has 0 unspecified atom stereocenters. The number of methoxy groups -OCH3 is 1. The summed E-state index contributed by atoms with van der Waals surface area (Å²) >= 11 is 0. The van der Waals surface area contributed by atoms with Crippen molar-refractivity contribution >= 4 is 0 Å². The lowest BCUT2D eigenvalue weighted by atomic mass is 10.2. The third-order valence-electron chi connectivity index (χ3n) is 1.21. The standard InChI is InChI=1S/C5H11N.C2H6O/c1-2-4-6-5-3-1;1-3-2/h6H,1-5H2;1-2H3. The first-order valence-electron chi connectivity index (χ1n) is 3.52. The average Bonchev–Trinajstić information content (AvgIpc) is 1.93. The molecule has 1 saturated heterocycles. The van der Waals surface area contributed by atoms with E-state index in [1.54, 1.807) is 14.2 Å². The van der Waals surface area contributed by atoms with Gasteiger partial charge in [0.2, 0.25) is 0 Å². The predicted molar refractivity (Wildman–Crippen MR) is 39.7 cm³/mol. The molecule has 0 aromatic carbocycles. The maximum atomic E-state index is 4.25. The highest BCUT2D eigenvalue weighted by Gasteiger charge is 1.93. The molecule has 0 radical (unpaired) electrons. The third kappa shape index (κ3) is 7.92. The molecule has 0 aliphatic carbocycles. The quantitative estimate of drug-likeness (QED) is 0.530. The van der Waals surface area contributed by atoms with E-state index in [-0.39, 0.29) is 0 Å². The first-order chi connectivity index (χ1) is 4.41. The molecule has 0 amide bonds. The van der Waals surface area contributed by atoms with Gasteiger partial charge in [0, 0.05) is 14.2 Å². The molecule has 1 aliphatic heterocycles. The molecule has 2 heteroatoms. The highest BCUT2D eigenvalue weighted by Crippen LogP contribution is 1.96. The largest absolute Gasteiger partial charge is 0.388 e. The molecule has 1 fully saturated rings. The summed E-state index contributed by atoms with van der Waals surface area (Å²) in [4.78, 5) is 0. The zero-order valence-corrected chi connectivity index (χ0v) is 6.44. The monoisotopic (exact) mass is 131 g/mol. The Bertz CT molecular complexity index is 32.7. The Balaban J connectivity index is 0.000000187. The van der Waals surface area contributed by atoms with Crippen molar-refractivity contribution in [3.8, 4) is 0 Å². The van der Waals surface area contributed by atoms with Crippen molar-refractivity contribution in [2.24, 2.45) is 0 Å². The maximum Gasteiger partial charge on any atom is 0.0351 e. The summed E-state index contributed by atoms with van der Waals surface area (Å²) in [7, 11) is 3.25. The Hall–Kier alpha value is -0.0800. The van der Waals surface area contributed by atoms with Crippen LogP contribution in [-0.4, -0.2) is 27.3 Å². The second-order valence-corrected chi connectivity index (χ2v) is 2.22. The van der Waals surface area contributed by atoms with Gasteiger partial charge in [0.1, 0.15) is 0 Å². The zero-order chi connectivity index (χ0) is 6.95. The molecule has 1 N–H and O–H groups in total. The fraction of sp³-hybridized carbons (Fsp3) is 1.00. The van der Waals surface area contributed by atoms with Crippen molar-refractivity contribution in [3.05, 3.63) is 0 Å². The van der Waals surface area contributed by atoms with Crippen molar-refractivity contribution < 1.29 is 4.74 Å². The average molecular weight is 131 g/mol. The molecule has 0 spiro atoms. The van der Waals surface area contributed by atoms with Crippen molar-refractivity contribution in [1.29, 1.82) is 0 Å². The van der Waals surface area contributed by atoms with Gasteiger partial charge in [0.25, 0.3) is 0 Å². The van der Waals surface area contributed by atoms with Crippen LogP contribution in [0.3, 0.4) is 0 Å². The summed E-state index contributed by atoms with van der Waals surface area (Å²) in [5, 5.41) is 3.28. The van der Waals surface area contributed by atoms with E-state index in [1.165, 1.54) is 32.4 Å². The first kappa shape index (κ1) is 8.92. The van der Waals surface area contributed by atoms with Crippen LogP contribution in [0.15, 0.2) is 0 Å². The molecule has 0 atom stereocenters. The molecular formula is C7H17NO. The summed E-state index contributed by atoms with van der Waals surface area (Å²) < 4.78 is 4.25. The zero-order valence-electron chi connectivity index (χ0n) is 6.44. The van der Waals surface area contributed by atoms with Gasteiger partial charge in [-0.3, -0.25) is 0 Å². The summed E-state index contributed by atoms with van der Waals surface area (Å²) in [5.41, 5.74) is 0. The van der Waals surface area contributed by atoms with E-state index in [2.05, 4.69) is 10.1 Å². The molecule has 0 aromatic heterocycles.